The summed E-state index contributed by atoms with van der Waals surface area (Å²) in [6.45, 7) is 9.03. The van der Waals surface area contributed by atoms with Gasteiger partial charge in [0.1, 0.15) is 0 Å². The topological polar surface area (TPSA) is 159 Å². The van der Waals surface area contributed by atoms with Gasteiger partial charge in [-0.25, -0.2) is 0 Å². The summed E-state index contributed by atoms with van der Waals surface area (Å²) in [5, 5.41) is 33.7. The zero-order valence-electron chi connectivity index (χ0n) is 28.2. The largest absolute Gasteiger partial charge is 0.724 e. The van der Waals surface area contributed by atoms with E-state index in [4.69, 9.17) is 20.4 Å². The number of rotatable bonds is 26. The molecule has 250 valence electrons. The molecular weight excluding hydrogens is 651 g/mol. The Morgan fingerprint density at radius 3 is 0.884 bits per heavy atom. The Balaban J connectivity index is -0.000000156. The van der Waals surface area contributed by atoms with Gasteiger partial charge in [-0.3, -0.25) is 9.59 Å². The molecule has 0 amide bonds. The van der Waals surface area contributed by atoms with Gasteiger partial charge in [-0.1, -0.05) is 117 Å². The van der Waals surface area contributed by atoms with Crippen molar-refractivity contribution in [2.75, 3.05) is 0 Å². The van der Waals surface area contributed by atoms with Crippen molar-refractivity contribution in [3.05, 3.63) is 10.8 Å². The summed E-state index contributed by atoms with van der Waals surface area (Å²) < 4.78 is 3.25. The molecule has 0 rings (SSSR count). The van der Waals surface area contributed by atoms with Gasteiger partial charge < -0.3 is 30.6 Å². The average molecular weight is 716 g/mol. The molecule has 0 aromatic rings. The van der Waals surface area contributed by atoms with Crippen LogP contribution in [-0.2, 0) is 19.2 Å². The van der Waals surface area contributed by atoms with Crippen molar-refractivity contribution in [3.63, 3.8) is 0 Å². The summed E-state index contributed by atoms with van der Waals surface area (Å²) in [7, 11) is 0. The van der Waals surface area contributed by atoms with E-state index < -0.39 is 11.9 Å². The predicted octanol–water partition coefficient (Wildman–Crippen LogP) is 8.23. The standard InChI is InChI=1S/2C12H24O2.2C4H9.2CNO.Sn/c2*1-2-3-4-5-6-7-8-9-10-11-12(13)14;2*1-3-4-2;2*2-1-3;/h2*2-11H2,1H3,(H,13,14);2*1,3-4H2,2H3;;;/q;;;;2*-1;+4/p-2. The minimum atomic E-state index is -0.909. The molecule has 0 aromatic carbocycles. The number of hydrogen-bond acceptors (Lipinski definition) is 6. The van der Waals surface area contributed by atoms with Crippen molar-refractivity contribution in [3.8, 4) is 0 Å². The smallest absolute Gasteiger partial charge is 0.0159 e. The van der Waals surface area contributed by atoms with Gasteiger partial charge in [-0.05, 0) is 37.8 Å². The predicted molar refractivity (Wildman–Crippen MR) is 177 cm³/mol. The third kappa shape index (κ3) is 85.5. The molecule has 0 N–H and O–H groups in total. The van der Waals surface area contributed by atoms with Crippen LogP contribution in [0.2, 0.25) is 8.87 Å². The molecule has 0 saturated carbocycles. The number of hydrogen-bond donors (Lipinski definition) is 0. The zero-order chi connectivity index (χ0) is 33.7. The zero-order valence-corrected chi connectivity index (χ0v) is 31.1. The second-order valence-electron chi connectivity index (χ2n) is 10.5. The molecule has 6 radical (unpaired) electrons. The Hall–Kier alpha value is -1.50. The van der Waals surface area contributed by atoms with Crippen LogP contribution in [0.5, 0.6) is 0 Å². The molecule has 0 atom stereocenters. The summed E-state index contributed by atoms with van der Waals surface area (Å²) in [5.74, 6) is -1.82. The Morgan fingerprint density at radius 2 is 0.674 bits per heavy atom. The molecule has 0 aliphatic heterocycles. The van der Waals surface area contributed by atoms with Gasteiger partial charge in [0.15, 0.2) is 0 Å². The van der Waals surface area contributed by atoms with E-state index in [1.165, 1.54) is 116 Å². The fraction of sp³-hybridized carbons (Fsp3) is 0.882. The quantitative estimate of drug-likeness (QED) is 0.0380. The second-order valence-corrected chi connectivity index (χ2v) is 14.8. The summed E-state index contributed by atoms with van der Waals surface area (Å²) in [5.41, 5.74) is 0. The molecule has 9 heteroatoms. The third-order valence-corrected chi connectivity index (χ3v) is 10.4. The van der Waals surface area contributed by atoms with Gasteiger partial charge in [-0.15, -0.1) is 0 Å². The van der Waals surface area contributed by atoms with E-state index in [-0.39, 0.29) is 34.0 Å². The van der Waals surface area contributed by atoms with Crippen LogP contribution in [0.1, 0.15) is 182 Å². The molecule has 0 spiro atoms. The van der Waals surface area contributed by atoms with Crippen molar-refractivity contribution < 1.29 is 29.4 Å². The van der Waals surface area contributed by atoms with Crippen molar-refractivity contribution in [1.82, 2.24) is 0 Å². The maximum atomic E-state index is 10.1. The molecule has 43 heavy (non-hydrogen) atoms. The Bertz CT molecular complexity index is 543. The molecule has 0 saturated heterocycles. The molecule has 8 nitrogen and oxygen atoms in total. The number of carboxylic acid groups (broad SMARTS) is 2. The first kappa shape index (κ1) is 51.1. The van der Waals surface area contributed by atoms with Crippen LogP contribution in [0, 0.1) is 0 Å². The number of aliphatic carboxylic acids is 2. The second kappa shape index (κ2) is 56.3. The van der Waals surface area contributed by atoms with Crippen molar-refractivity contribution >= 4 is 45.2 Å². The molecule has 0 heterocycles. The number of isocyanates is 2. The molecule has 0 aromatic heterocycles. The van der Waals surface area contributed by atoms with E-state index in [1.54, 1.807) is 8.87 Å². The number of nitrogens with zero attached hydrogens (tertiary/aromatic N) is 2. The third-order valence-electron chi connectivity index (χ3n) is 6.38. The van der Waals surface area contributed by atoms with E-state index in [0.717, 1.165) is 25.7 Å². The van der Waals surface area contributed by atoms with Crippen LogP contribution < -0.4 is 10.2 Å². The van der Waals surface area contributed by atoms with Crippen LogP contribution in [0.15, 0.2) is 0 Å². The van der Waals surface area contributed by atoms with E-state index >= 15 is 0 Å². The fourth-order valence-electron chi connectivity index (χ4n) is 3.89. The summed E-state index contributed by atoms with van der Waals surface area (Å²) in [4.78, 5) is 36.7. The first-order valence-corrected chi connectivity index (χ1v) is 21.0. The molecule has 0 aliphatic rings. The van der Waals surface area contributed by atoms with Crippen LogP contribution in [0.3, 0.4) is 0 Å². The first-order chi connectivity index (χ1) is 20.8. The van der Waals surface area contributed by atoms with Crippen LogP contribution in [-0.4, -0.2) is 45.2 Å². The molecule has 0 unspecified atom stereocenters. The number of carbonyl (C=O) groups is 2. The monoisotopic (exact) mass is 716 g/mol. The normalized spacial score (nSPS) is 9.21. The van der Waals surface area contributed by atoms with E-state index in [0.29, 0.717) is 12.2 Å². The molecular formula is C34H64N2O6Sn. The molecule has 0 aliphatic carbocycles. The van der Waals surface area contributed by atoms with Crippen molar-refractivity contribution in [2.24, 2.45) is 0 Å². The summed E-state index contributed by atoms with van der Waals surface area (Å²) in [6.07, 6.45) is 29.2. The van der Waals surface area contributed by atoms with Gasteiger partial charge in [0, 0.05) is 11.9 Å². The van der Waals surface area contributed by atoms with Gasteiger partial charge in [0.05, 0.1) is 0 Å². The van der Waals surface area contributed by atoms with Crippen molar-refractivity contribution in [1.29, 1.82) is 0 Å². The SMILES string of the molecule is CCCCCCCCCCCC(=O)[O-].CCCCCCCCCCCC(=O)[O-].CCC[CH2][Sn+4][CH2]CCC.[N-]=C=O.[N-]=C=O. The molecule has 0 bridgehead atoms. The van der Waals surface area contributed by atoms with Crippen LogP contribution >= 0.6 is 0 Å². The van der Waals surface area contributed by atoms with E-state index in [1.807, 2.05) is 0 Å². The number of carboxylic acids is 2. The summed E-state index contributed by atoms with van der Waals surface area (Å²) >= 11 is 0.149. The maximum absolute atomic E-state index is 10.1. The Kier molecular flexibility index (Phi) is 66.9. The van der Waals surface area contributed by atoms with Gasteiger partial charge in [0.2, 0.25) is 0 Å². The fourth-order valence-corrected chi connectivity index (χ4v) is 8.05. The van der Waals surface area contributed by atoms with Crippen LogP contribution in [0.4, 0.5) is 0 Å². The number of carbonyl (C=O) groups excluding carboxylic acids is 4. The minimum absolute atomic E-state index is 0.149. The maximum Gasteiger partial charge on any atom is -0.0159 e. The number of unbranched alkanes of at least 4 members (excludes halogenated alkanes) is 18. The Labute approximate surface area is 275 Å². The van der Waals surface area contributed by atoms with Crippen LogP contribution in [0.25, 0.3) is 10.8 Å². The van der Waals surface area contributed by atoms with Gasteiger partial charge >= 0.3 is 69.5 Å². The molecule has 0 fully saturated rings. The van der Waals surface area contributed by atoms with E-state index in [2.05, 4.69) is 27.7 Å². The van der Waals surface area contributed by atoms with Gasteiger partial charge in [0.25, 0.3) is 0 Å². The first-order valence-electron chi connectivity index (χ1n) is 16.9. The van der Waals surface area contributed by atoms with E-state index in [9.17, 15) is 19.8 Å². The average Bonchev–Trinajstić information content (AvgIpc) is 2.97. The van der Waals surface area contributed by atoms with Crippen molar-refractivity contribution in [2.45, 2.75) is 191 Å². The minimum Gasteiger partial charge on any atom is -0.724 e. The van der Waals surface area contributed by atoms with Gasteiger partial charge in [-0.2, -0.15) is 0 Å². The summed E-state index contributed by atoms with van der Waals surface area (Å²) in [6, 6.07) is 0. The Morgan fingerprint density at radius 1 is 0.465 bits per heavy atom.